The molecule has 1 aromatic heterocycles. The van der Waals surface area contributed by atoms with Crippen LogP contribution >= 0.6 is 0 Å². The Labute approximate surface area is 134 Å². The molecule has 2 heterocycles. The minimum absolute atomic E-state index is 0.559. The fraction of sp³-hybridized carbons (Fsp3) is 0.333. The van der Waals surface area contributed by atoms with E-state index in [1.54, 1.807) is 18.2 Å². The standard InChI is InChI=1S/C15H18N6O2/c1-23-13-4-2-3-12(9-13)17-14-10-16-19-15(18-14)21-7-5-20(11-22)6-8-21/h2-4,9-11H,5-8H2,1H3,(H,17,18,19). The number of hydrogen-bond donors (Lipinski definition) is 1. The maximum atomic E-state index is 10.8. The molecule has 1 fully saturated rings. The van der Waals surface area contributed by atoms with E-state index < -0.39 is 0 Å². The van der Waals surface area contributed by atoms with Crippen molar-refractivity contribution in [3.8, 4) is 5.75 Å². The van der Waals surface area contributed by atoms with Crippen LogP contribution in [-0.2, 0) is 4.79 Å². The van der Waals surface area contributed by atoms with Crippen LogP contribution in [0.4, 0.5) is 17.5 Å². The number of anilines is 3. The van der Waals surface area contributed by atoms with Crippen molar-refractivity contribution in [2.75, 3.05) is 43.5 Å². The molecule has 0 atom stereocenters. The third-order valence-electron chi connectivity index (χ3n) is 3.64. The highest BCUT2D eigenvalue weighted by Gasteiger charge is 2.18. The molecule has 0 bridgehead atoms. The Hall–Kier alpha value is -2.90. The summed E-state index contributed by atoms with van der Waals surface area (Å²) in [7, 11) is 1.63. The third-order valence-corrected chi connectivity index (χ3v) is 3.64. The number of aromatic nitrogens is 3. The lowest BCUT2D eigenvalue weighted by molar-refractivity contribution is -0.118. The van der Waals surface area contributed by atoms with Crippen molar-refractivity contribution in [1.82, 2.24) is 20.1 Å². The van der Waals surface area contributed by atoms with Gasteiger partial charge in [0.2, 0.25) is 12.4 Å². The fourth-order valence-corrected chi connectivity index (χ4v) is 2.36. The summed E-state index contributed by atoms with van der Waals surface area (Å²) in [6.45, 7) is 2.73. The second kappa shape index (κ2) is 6.91. The van der Waals surface area contributed by atoms with Crippen LogP contribution in [0.15, 0.2) is 30.5 Å². The second-order valence-corrected chi connectivity index (χ2v) is 5.13. The summed E-state index contributed by atoms with van der Waals surface area (Å²) in [4.78, 5) is 19.0. The molecule has 1 aliphatic heterocycles. The van der Waals surface area contributed by atoms with E-state index in [-0.39, 0.29) is 0 Å². The number of carbonyl (C=O) groups is 1. The fourth-order valence-electron chi connectivity index (χ4n) is 2.36. The molecule has 120 valence electrons. The van der Waals surface area contributed by atoms with Crippen LogP contribution < -0.4 is 15.0 Å². The number of methoxy groups -OCH3 is 1. The summed E-state index contributed by atoms with van der Waals surface area (Å²) in [6, 6.07) is 7.58. The molecule has 0 spiro atoms. The first-order valence-corrected chi connectivity index (χ1v) is 7.33. The van der Waals surface area contributed by atoms with Gasteiger partial charge in [-0.3, -0.25) is 4.79 Å². The molecule has 0 aliphatic carbocycles. The predicted molar refractivity (Wildman–Crippen MR) is 86.0 cm³/mol. The van der Waals surface area contributed by atoms with Crippen LogP contribution in [0.3, 0.4) is 0 Å². The number of piperazine rings is 1. The summed E-state index contributed by atoms with van der Waals surface area (Å²) in [6.07, 6.45) is 2.45. The minimum Gasteiger partial charge on any atom is -0.497 e. The van der Waals surface area contributed by atoms with E-state index in [4.69, 9.17) is 4.74 Å². The number of carbonyl (C=O) groups excluding carboxylic acids is 1. The Morgan fingerprint density at radius 2 is 2.09 bits per heavy atom. The Morgan fingerprint density at radius 3 is 2.83 bits per heavy atom. The van der Waals surface area contributed by atoms with Gasteiger partial charge in [0.05, 0.1) is 13.3 Å². The SMILES string of the molecule is COc1cccc(Nc2cnnc(N3CCN(C=O)CC3)n2)c1. The van der Waals surface area contributed by atoms with Crippen molar-refractivity contribution in [3.05, 3.63) is 30.5 Å². The first-order valence-electron chi connectivity index (χ1n) is 7.33. The van der Waals surface area contributed by atoms with Gasteiger partial charge in [-0.15, -0.1) is 5.10 Å². The Bertz CT molecular complexity index is 673. The van der Waals surface area contributed by atoms with Crippen LogP contribution in [0.25, 0.3) is 0 Å². The molecule has 1 aliphatic rings. The zero-order valence-corrected chi connectivity index (χ0v) is 12.8. The van der Waals surface area contributed by atoms with E-state index in [0.717, 1.165) is 17.8 Å². The van der Waals surface area contributed by atoms with E-state index in [9.17, 15) is 4.79 Å². The van der Waals surface area contributed by atoms with Crippen molar-refractivity contribution >= 4 is 23.9 Å². The normalized spacial score (nSPS) is 14.5. The van der Waals surface area contributed by atoms with E-state index in [1.165, 1.54) is 0 Å². The molecule has 1 amide bonds. The average Bonchev–Trinajstić information content (AvgIpc) is 2.62. The first-order chi connectivity index (χ1) is 11.3. The number of ether oxygens (including phenoxy) is 1. The van der Waals surface area contributed by atoms with Crippen LogP contribution in [0, 0.1) is 0 Å². The highest BCUT2D eigenvalue weighted by Crippen LogP contribution is 2.20. The molecule has 0 radical (unpaired) electrons. The smallest absolute Gasteiger partial charge is 0.247 e. The maximum absolute atomic E-state index is 10.8. The zero-order chi connectivity index (χ0) is 16.1. The summed E-state index contributed by atoms with van der Waals surface area (Å²) in [5.74, 6) is 1.94. The summed E-state index contributed by atoms with van der Waals surface area (Å²) in [5.41, 5.74) is 0.863. The van der Waals surface area contributed by atoms with Crippen LogP contribution in [0.1, 0.15) is 0 Å². The van der Waals surface area contributed by atoms with Crippen LogP contribution in [0.2, 0.25) is 0 Å². The van der Waals surface area contributed by atoms with Gasteiger partial charge in [-0.2, -0.15) is 10.1 Å². The molecule has 1 N–H and O–H groups in total. The molecule has 0 saturated carbocycles. The molecule has 1 saturated heterocycles. The van der Waals surface area contributed by atoms with Gasteiger partial charge in [0.15, 0.2) is 5.82 Å². The lowest BCUT2D eigenvalue weighted by Gasteiger charge is -2.32. The monoisotopic (exact) mass is 314 g/mol. The number of amides is 1. The van der Waals surface area contributed by atoms with E-state index >= 15 is 0 Å². The second-order valence-electron chi connectivity index (χ2n) is 5.13. The summed E-state index contributed by atoms with van der Waals surface area (Å²) < 4.78 is 5.20. The van der Waals surface area contributed by atoms with Crippen LogP contribution in [-0.4, -0.2) is 59.8 Å². The van der Waals surface area contributed by atoms with Gasteiger partial charge in [-0.1, -0.05) is 6.07 Å². The molecule has 1 aromatic carbocycles. The quantitative estimate of drug-likeness (QED) is 0.821. The van der Waals surface area contributed by atoms with Crippen LogP contribution in [0.5, 0.6) is 5.75 Å². The third kappa shape index (κ3) is 3.65. The molecule has 3 rings (SSSR count). The van der Waals surface area contributed by atoms with Gasteiger partial charge >= 0.3 is 0 Å². The van der Waals surface area contributed by atoms with Gasteiger partial charge in [0.1, 0.15) is 5.75 Å². The summed E-state index contributed by atoms with van der Waals surface area (Å²) in [5, 5.41) is 11.3. The van der Waals surface area contributed by atoms with Gasteiger partial charge in [-0.05, 0) is 12.1 Å². The van der Waals surface area contributed by atoms with Gasteiger partial charge < -0.3 is 19.9 Å². The first kappa shape index (κ1) is 15.0. The molecule has 23 heavy (non-hydrogen) atoms. The van der Waals surface area contributed by atoms with Crippen molar-refractivity contribution in [3.63, 3.8) is 0 Å². The molecule has 8 heteroatoms. The predicted octanol–water partition coefficient (Wildman–Crippen LogP) is 0.902. The van der Waals surface area contributed by atoms with E-state index in [0.29, 0.717) is 37.9 Å². The Morgan fingerprint density at radius 1 is 1.26 bits per heavy atom. The average molecular weight is 314 g/mol. The molecular weight excluding hydrogens is 296 g/mol. The van der Waals surface area contributed by atoms with E-state index in [1.807, 2.05) is 29.2 Å². The zero-order valence-electron chi connectivity index (χ0n) is 12.8. The molecule has 0 unspecified atom stereocenters. The van der Waals surface area contributed by atoms with Gasteiger partial charge in [-0.25, -0.2) is 0 Å². The number of nitrogens with one attached hydrogen (secondary N) is 1. The van der Waals surface area contributed by atoms with E-state index in [2.05, 4.69) is 20.5 Å². The van der Waals surface area contributed by atoms with Crippen molar-refractivity contribution in [2.45, 2.75) is 0 Å². The number of nitrogens with zero attached hydrogens (tertiary/aromatic N) is 5. The van der Waals surface area contributed by atoms with Crippen molar-refractivity contribution < 1.29 is 9.53 Å². The Kier molecular flexibility index (Phi) is 4.51. The van der Waals surface area contributed by atoms with Crippen molar-refractivity contribution in [1.29, 1.82) is 0 Å². The van der Waals surface area contributed by atoms with Crippen molar-refractivity contribution in [2.24, 2.45) is 0 Å². The minimum atomic E-state index is 0.559. The highest BCUT2D eigenvalue weighted by molar-refractivity contribution is 5.58. The lowest BCUT2D eigenvalue weighted by Crippen LogP contribution is -2.46. The summed E-state index contributed by atoms with van der Waals surface area (Å²) >= 11 is 0. The maximum Gasteiger partial charge on any atom is 0.247 e. The topological polar surface area (TPSA) is 83.5 Å². The molecule has 2 aromatic rings. The number of hydrogen-bond acceptors (Lipinski definition) is 7. The molecular formula is C15H18N6O2. The van der Waals surface area contributed by atoms with Gasteiger partial charge in [0.25, 0.3) is 0 Å². The highest BCUT2D eigenvalue weighted by atomic mass is 16.5. The van der Waals surface area contributed by atoms with Gasteiger partial charge in [0, 0.05) is 37.9 Å². The largest absolute Gasteiger partial charge is 0.497 e. The number of rotatable bonds is 5. The lowest BCUT2D eigenvalue weighted by atomic mass is 10.3. The Balaban J connectivity index is 1.71. The number of benzene rings is 1. The molecule has 8 nitrogen and oxygen atoms in total.